The van der Waals surface area contributed by atoms with E-state index in [4.69, 9.17) is 67.3 Å². The van der Waals surface area contributed by atoms with E-state index in [2.05, 4.69) is 172 Å². The summed E-state index contributed by atoms with van der Waals surface area (Å²) in [5, 5.41) is 9.23. The van der Waals surface area contributed by atoms with Crippen LogP contribution in [0.2, 0.25) is 0 Å². The van der Waals surface area contributed by atoms with Crippen molar-refractivity contribution in [3.05, 3.63) is 154 Å². The van der Waals surface area contributed by atoms with Crippen molar-refractivity contribution in [2.45, 2.75) is 358 Å². The largest absolute Gasteiger partial charge is 0.494 e. The molecule has 1 N–H and O–H groups in total. The van der Waals surface area contributed by atoms with Crippen molar-refractivity contribution in [1.29, 1.82) is 0 Å². The summed E-state index contributed by atoms with van der Waals surface area (Å²) in [4.78, 5) is 23.7. The minimum atomic E-state index is 0.293. The average Bonchev–Trinajstić information content (AvgIpc) is 1.61. The summed E-state index contributed by atoms with van der Waals surface area (Å²) in [6, 6.07) is 21.4. The Morgan fingerprint density at radius 1 is 0.200 bits per heavy atom. The predicted molar refractivity (Wildman–Crippen MR) is 525 cm³/mol. The summed E-state index contributed by atoms with van der Waals surface area (Å²) in [6.07, 6.45) is 66.7. The fraction of sp³-hybridized carbons (Fsp3) is 0.600. The van der Waals surface area contributed by atoms with Crippen LogP contribution < -0.4 is 47.4 Å². The Bertz CT molecular complexity index is 4040. The van der Waals surface area contributed by atoms with Crippen molar-refractivity contribution in [3.8, 4) is 57.5 Å². The second-order valence-electron chi connectivity index (χ2n) is 34.6. The molecule has 125 heavy (non-hydrogen) atoms. The molecule has 4 aromatic carbocycles. The molecular weight excluding hydrogens is 1550 g/mol. The first kappa shape index (κ1) is 100. The van der Waals surface area contributed by atoms with Crippen molar-refractivity contribution in [2.75, 3.05) is 72.7 Å². The highest BCUT2D eigenvalue weighted by atomic mass is 16.6. The van der Waals surface area contributed by atoms with Crippen molar-refractivity contribution >= 4 is 45.1 Å². The topological polar surface area (TPSA) is 162 Å². The van der Waals surface area contributed by atoms with E-state index >= 15 is 0 Å². The number of hydrogen-bond acceptors (Lipinski definition) is 15. The first-order valence-corrected chi connectivity index (χ1v) is 50.3. The molecule has 0 aliphatic carbocycles. The van der Waals surface area contributed by atoms with Crippen LogP contribution in [-0.4, -0.2) is 101 Å². The van der Waals surface area contributed by atoms with Crippen LogP contribution in [0.3, 0.4) is 0 Å². The molecular formula is C110H160N4O11. The third-order valence-corrected chi connectivity index (χ3v) is 23.8. The number of rotatable bonds is 71. The molecule has 0 atom stereocenters. The van der Waals surface area contributed by atoms with Crippen LogP contribution in [0.5, 0.6) is 57.5 Å². The number of aliphatic hydroxyl groups is 1. The Labute approximate surface area is 755 Å². The van der Waals surface area contributed by atoms with Gasteiger partial charge in [-0.1, -0.05) is 299 Å². The van der Waals surface area contributed by atoms with Gasteiger partial charge in [-0.2, -0.15) is 0 Å². The van der Waals surface area contributed by atoms with Crippen LogP contribution in [0.15, 0.2) is 152 Å². The smallest absolute Gasteiger partial charge is 0.203 e. The molecule has 0 saturated carbocycles. The van der Waals surface area contributed by atoms with Crippen molar-refractivity contribution in [2.24, 2.45) is 20.0 Å². The molecule has 5 aliphatic rings. The van der Waals surface area contributed by atoms with Crippen LogP contribution >= 0.6 is 0 Å². The first-order valence-electron chi connectivity index (χ1n) is 50.3. The van der Waals surface area contributed by atoms with Gasteiger partial charge in [-0.3, -0.25) is 0 Å². The number of aliphatic imine (C=N–C) groups is 4. The molecule has 0 fully saturated rings. The molecule has 15 heteroatoms. The fourth-order valence-electron chi connectivity index (χ4n) is 16.4. The monoisotopic (exact) mass is 1710 g/mol. The maximum atomic E-state index is 9.23. The zero-order chi connectivity index (χ0) is 87.9. The van der Waals surface area contributed by atoms with Gasteiger partial charge >= 0.3 is 0 Å². The van der Waals surface area contributed by atoms with E-state index in [0.717, 1.165) is 319 Å². The zero-order valence-electron chi connectivity index (χ0n) is 79.0. The van der Waals surface area contributed by atoms with Gasteiger partial charge in [0, 0.05) is 28.9 Å². The van der Waals surface area contributed by atoms with Crippen molar-refractivity contribution in [1.82, 2.24) is 0 Å². The lowest BCUT2D eigenvalue weighted by molar-refractivity contribution is 0.234. The van der Waals surface area contributed by atoms with Crippen LogP contribution in [0.1, 0.15) is 380 Å². The van der Waals surface area contributed by atoms with Gasteiger partial charge < -0.3 is 52.5 Å². The van der Waals surface area contributed by atoms with E-state index in [1.54, 1.807) is 0 Å². The molecule has 0 spiro atoms. The third-order valence-electron chi connectivity index (χ3n) is 23.8. The highest BCUT2D eigenvalue weighted by Gasteiger charge is 2.32. The number of aliphatic hydroxyl groups excluding tert-OH is 1. The van der Waals surface area contributed by atoms with Crippen molar-refractivity contribution < 1.29 is 52.5 Å². The van der Waals surface area contributed by atoms with E-state index in [1.807, 2.05) is 0 Å². The van der Waals surface area contributed by atoms with Gasteiger partial charge in [0.05, 0.1) is 112 Å². The number of hydrogen-bond donors (Lipinski definition) is 1. The normalized spacial score (nSPS) is 14.0. The molecule has 5 heterocycles. The standard InChI is InChI=1S/C110H160N4O11/c1-10-19-28-46-70-117-98-79-86(80-99(118-71-47-29-20-11-2)108(98)123-76-52-34-25-16-7)105-92-62-60-90(111-92)104(85-56-58-89(59-57-85)116-69-55-44-42-40-38-37-39-41-43-45-68-115)91-61-63-93(112-91)106(87-81-100(119-72-48-30-21-12-3)109(124-77-53-35-26-17-8)101(82-87)120-73-49-31-22-13-4)95-65-67-97(114-95)107(96-66-64-94(105)113-96)88-83-102(121-74-50-32-23-14-5)110(125-78-54-36-27-18-9)103(84-88)122-75-51-33-24-15-6/h56-67,79-84,115H,10-55,68-78H2,1-9H3. The average molecular weight is 1710 g/mol. The molecule has 15 nitrogen and oxygen atoms in total. The summed E-state index contributed by atoms with van der Waals surface area (Å²) in [6.45, 7) is 25.9. The number of benzene rings is 4. The summed E-state index contributed by atoms with van der Waals surface area (Å²) in [7, 11) is 0. The molecule has 0 amide bonds. The van der Waals surface area contributed by atoms with Gasteiger partial charge in [-0.25, -0.2) is 20.0 Å². The second-order valence-corrected chi connectivity index (χ2v) is 34.6. The van der Waals surface area contributed by atoms with Crippen LogP contribution in [0, 0.1) is 0 Å². The quantitative estimate of drug-likeness (QED) is 0.0419. The van der Waals surface area contributed by atoms with E-state index in [9.17, 15) is 5.11 Å². The SMILES string of the molecule is CCCCCCOc1cc(C2=C3C=CC(=N3)C(c3cc(OCCCCCC)c(OCCCCCC)c(OCCCCCC)c3)=C3C=CC(=N3)C(c3cc(OCCCCCC)c(OCCCCCC)c(OCCCCCC)c3)=C3C=CC(=N3)C(c3ccc(OCCCCCCCCCCCCO)cc3)=C3C=CC2=N3)cc(OCCCCCC)c1OCCCCCC. The fourth-order valence-corrected chi connectivity index (χ4v) is 16.4. The molecule has 8 bridgehead atoms. The van der Waals surface area contributed by atoms with E-state index in [-0.39, 0.29) is 0 Å². The Hall–Kier alpha value is -8.56. The highest BCUT2D eigenvalue weighted by Crippen LogP contribution is 2.49. The van der Waals surface area contributed by atoms with Gasteiger partial charge in [0.25, 0.3) is 0 Å². The highest BCUT2D eigenvalue weighted by molar-refractivity contribution is 6.40. The molecule has 0 aromatic heterocycles. The minimum Gasteiger partial charge on any atom is -0.494 e. The maximum Gasteiger partial charge on any atom is 0.203 e. The number of nitrogens with zero attached hydrogens (tertiary/aromatic N) is 4. The Kier molecular flexibility index (Phi) is 48.3. The predicted octanol–water partition coefficient (Wildman–Crippen LogP) is 30.6. The Balaban J connectivity index is 1.34. The summed E-state index contributed by atoms with van der Waals surface area (Å²) >= 11 is 0. The number of ether oxygens (including phenoxy) is 10. The summed E-state index contributed by atoms with van der Waals surface area (Å²) in [5.41, 5.74) is 12.4. The third kappa shape index (κ3) is 33.5. The molecule has 5 aliphatic heterocycles. The second kappa shape index (κ2) is 60.2. The minimum absolute atomic E-state index is 0.293. The molecule has 4 aromatic rings. The molecule has 0 unspecified atom stereocenters. The van der Waals surface area contributed by atoms with Crippen LogP contribution in [0.25, 0.3) is 22.3 Å². The number of fused-ring (bicyclic) bond motifs is 4. The zero-order valence-corrected chi connectivity index (χ0v) is 79.0. The number of unbranched alkanes of at least 4 members (excludes halogenated alkanes) is 36. The van der Waals surface area contributed by atoms with Gasteiger partial charge in [0.1, 0.15) is 5.75 Å². The van der Waals surface area contributed by atoms with Gasteiger partial charge in [0.2, 0.25) is 17.2 Å². The molecule has 9 rings (SSSR count). The summed E-state index contributed by atoms with van der Waals surface area (Å²) in [5.74, 6) is 6.55. The number of allylic oxidation sites excluding steroid dienone is 12. The van der Waals surface area contributed by atoms with Gasteiger partial charge in [-0.15, -0.1) is 0 Å². The van der Waals surface area contributed by atoms with Gasteiger partial charge in [-0.05, 0) is 190 Å². The summed E-state index contributed by atoms with van der Waals surface area (Å²) < 4.78 is 69.9. The van der Waals surface area contributed by atoms with Crippen LogP contribution in [-0.2, 0) is 0 Å². The molecule has 0 radical (unpaired) electrons. The molecule has 686 valence electrons. The lowest BCUT2D eigenvalue weighted by Crippen LogP contribution is -2.09. The molecule has 0 saturated heterocycles. The van der Waals surface area contributed by atoms with Gasteiger partial charge in [0.15, 0.2) is 34.5 Å². The van der Waals surface area contributed by atoms with E-state index in [0.29, 0.717) is 159 Å². The lowest BCUT2D eigenvalue weighted by Gasteiger charge is -2.21. The lowest BCUT2D eigenvalue weighted by atomic mass is 9.97. The van der Waals surface area contributed by atoms with Crippen LogP contribution in [0.4, 0.5) is 0 Å². The Morgan fingerprint density at radius 3 is 0.616 bits per heavy atom. The van der Waals surface area contributed by atoms with Crippen molar-refractivity contribution in [3.63, 3.8) is 0 Å². The Morgan fingerprint density at radius 2 is 0.392 bits per heavy atom. The van der Waals surface area contributed by atoms with E-state index in [1.165, 1.54) is 38.5 Å². The maximum absolute atomic E-state index is 9.23. The first-order chi connectivity index (χ1) is 61.7. The van der Waals surface area contributed by atoms with E-state index < -0.39 is 0 Å².